The van der Waals surface area contributed by atoms with Crippen LogP contribution in [0.5, 0.6) is 11.5 Å². The van der Waals surface area contributed by atoms with Gasteiger partial charge < -0.3 is 23.9 Å². The van der Waals surface area contributed by atoms with E-state index in [0.29, 0.717) is 22.6 Å². The van der Waals surface area contributed by atoms with Crippen LogP contribution in [0.3, 0.4) is 0 Å². The molecule has 0 radical (unpaired) electrons. The first-order valence-corrected chi connectivity index (χ1v) is 10.4. The molecule has 32 heavy (non-hydrogen) atoms. The first-order valence-electron chi connectivity index (χ1n) is 10.4. The molecule has 8 nitrogen and oxygen atoms in total. The molecule has 0 aliphatic carbocycles. The lowest BCUT2D eigenvalue weighted by molar-refractivity contribution is 0.00942. The number of amides is 1. The van der Waals surface area contributed by atoms with E-state index in [9.17, 15) is 9.59 Å². The smallest absolute Gasteiger partial charge is 0.339 e. The lowest BCUT2D eigenvalue weighted by Gasteiger charge is -2.37. The van der Waals surface area contributed by atoms with Crippen LogP contribution in [-0.2, 0) is 11.2 Å². The monoisotopic (exact) mass is 432 g/mol. The van der Waals surface area contributed by atoms with Crippen molar-refractivity contribution in [3.05, 3.63) is 76.7 Å². The van der Waals surface area contributed by atoms with Gasteiger partial charge >= 0.3 is 5.97 Å². The van der Waals surface area contributed by atoms with Gasteiger partial charge in [0.1, 0.15) is 12.4 Å². The van der Waals surface area contributed by atoms with E-state index >= 15 is 0 Å². The van der Waals surface area contributed by atoms with Crippen LogP contribution in [0.15, 0.2) is 53.3 Å². The van der Waals surface area contributed by atoms with E-state index in [1.165, 1.54) is 18.1 Å². The summed E-state index contributed by atoms with van der Waals surface area (Å²) in [6.45, 7) is 1.05. The molecule has 1 N–H and O–H groups in total. The summed E-state index contributed by atoms with van der Waals surface area (Å²) in [5.41, 5.74) is 4.44. The second kappa shape index (κ2) is 7.13. The van der Waals surface area contributed by atoms with Crippen molar-refractivity contribution in [1.82, 2.24) is 4.90 Å². The fraction of sp³-hybridized carbons (Fsp3) is 0.250. The standard InChI is InChI=1S/C24H20N2O6/c1-26-6-4-13-8-19-20(31-12-30-19)10-17(13)21(26)22-16-3-2-15(9-18(16)24(28)32-22)25-23(27)14-5-7-29-11-14/h2-3,5,7-11,21-22H,4,6,12H2,1H3,(H,25,27). The molecular formula is C24H20N2O6. The van der Waals surface area contributed by atoms with Crippen LogP contribution in [0.1, 0.15) is 49.6 Å². The Morgan fingerprint density at radius 3 is 2.75 bits per heavy atom. The number of cyclic esters (lactones) is 1. The van der Waals surface area contributed by atoms with Gasteiger partial charge in [-0.1, -0.05) is 6.07 Å². The molecule has 2 aromatic carbocycles. The van der Waals surface area contributed by atoms with Crippen LogP contribution in [0, 0.1) is 0 Å². The van der Waals surface area contributed by atoms with Gasteiger partial charge in [0, 0.05) is 17.8 Å². The average molecular weight is 432 g/mol. The molecule has 4 heterocycles. The summed E-state index contributed by atoms with van der Waals surface area (Å²) in [6.07, 6.45) is 3.23. The number of benzene rings is 2. The van der Waals surface area contributed by atoms with E-state index in [4.69, 9.17) is 18.6 Å². The van der Waals surface area contributed by atoms with Gasteiger partial charge in [0.05, 0.1) is 23.4 Å². The summed E-state index contributed by atoms with van der Waals surface area (Å²) in [4.78, 5) is 27.3. The van der Waals surface area contributed by atoms with Gasteiger partial charge in [0.15, 0.2) is 11.5 Å². The third kappa shape index (κ3) is 2.95. The molecule has 162 valence electrons. The van der Waals surface area contributed by atoms with Crippen LogP contribution in [-0.4, -0.2) is 37.2 Å². The Hall–Kier alpha value is -3.78. The molecule has 3 aliphatic heterocycles. The molecule has 3 aliphatic rings. The Balaban J connectivity index is 1.34. The number of furan rings is 1. The first-order chi connectivity index (χ1) is 15.6. The molecule has 1 amide bonds. The van der Waals surface area contributed by atoms with Crippen molar-refractivity contribution in [2.24, 2.45) is 0 Å². The minimum atomic E-state index is -0.458. The zero-order valence-electron chi connectivity index (χ0n) is 17.3. The molecule has 6 rings (SSSR count). The number of rotatable bonds is 3. The van der Waals surface area contributed by atoms with Crippen LogP contribution in [0.25, 0.3) is 0 Å². The third-order valence-electron chi connectivity index (χ3n) is 6.30. The third-order valence-corrected chi connectivity index (χ3v) is 6.30. The zero-order valence-corrected chi connectivity index (χ0v) is 17.3. The van der Waals surface area contributed by atoms with Gasteiger partial charge in [-0.3, -0.25) is 9.69 Å². The lowest BCUT2D eigenvalue weighted by atomic mass is 9.86. The van der Waals surface area contributed by atoms with Crippen LogP contribution in [0.2, 0.25) is 0 Å². The number of fused-ring (bicyclic) bond motifs is 3. The van der Waals surface area contributed by atoms with Gasteiger partial charge in [-0.25, -0.2) is 4.79 Å². The van der Waals surface area contributed by atoms with Crippen molar-refractivity contribution in [2.45, 2.75) is 18.6 Å². The number of anilines is 1. The maximum atomic E-state index is 12.8. The normalized spacial score (nSPS) is 21.1. The number of hydrogen-bond acceptors (Lipinski definition) is 7. The Morgan fingerprint density at radius 2 is 1.94 bits per heavy atom. The molecule has 0 spiro atoms. The van der Waals surface area contributed by atoms with Crippen molar-refractivity contribution in [3.63, 3.8) is 0 Å². The van der Waals surface area contributed by atoms with Crippen LogP contribution in [0.4, 0.5) is 5.69 Å². The largest absolute Gasteiger partial charge is 0.472 e. The van der Waals surface area contributed by atoms with E-state index < -0.39 is 12.1 Å². The molecule has 2 unspecified atom stereocenters. The summed E-state index contributed by atoms with van der Waals surface area (Å²) < 4.78 is 22.0. The fourth-order valence-corrected chi connectivity index (χ4v) is 4.69. The number of hydrogen-bond donors (Lipinski definition) is 1. The van der Waals surface area contributed by atoms with Gasteiger partial charge in [-0.05, 0) is 54.9 Å². The Kier molecular flexibility index (Phi) is 4.22. The van der Waals surface area contributed by atoms with E-state index in [-0.39, 0.29) is 18.7 Å². The second-order valence-electron chi connectivity index (χ2n) is 8.17. The number of nitrogens with one attached hydrogen (secondary N) is 1. The Morgan fingerprint density at radius 1 is 1.09 bits per heavy atom. The minimum absolute atomic E-state index is 0.148. The number of carbonyl (C=O) groups is 2. The predicted octanol–water partition coefficient (Wildman–Crippen LogP) is 3.70. The van der Waals surface area contributed by atoms with E-state index in [1.54, 1.807) is 18.2 Å². The van der Waals surface area contributed by atoms with E-state index in [2.05, 4.69) is 10.2 Å². The van der Waals surface area contributed by atoms with Crippen molar-refractivity contribution in [3.8, 4) is 11.5 Å². The van der Waals surface area contributed by atoms with Crippen LogP contribution < -0.4 is 14.8 Å². The zero-order chi connectivity index (χ0) is 21.8. The molecule has 0 bridgehead atoms. The highest BCUT2D eigenvalue weighted by Crippen LogP contribution is 2.48. The molecule has 2 atom stereocenters. The summed E-state index contributed by atoms with van der Waals surface area (Å²) in [7, 11) is 2.03. The highest BCUT2D eigenvalue weighted by Gasteiger charge is 2.42. The van der Waals surface area contributed by atoms with Crippen molar-refractivity contribution < 1.29 is 28.2 Å². The number of carbonyl (C=O) groups excluding carboxylic acids is 2. The second-order valence-corrected chi connectivity index (χ2v) is 8.17. The predicted molar refractivity (Wildman–Crippen MR) is 113 cm³/mol. The van der Waals surface area contributed by atoms with E-state index in [0.717, 1.165) is 29.8 Å². The number of nitrogens with zero attached hydrogens (tertiary/aromatic N) is 1. The van der Waals surface area contributed by atoms with Crippen molar-refractivity contribution >= 4 is 17.6 Å². The molecule has 8 heteroatoms. The molecule has 0 fully saturated rings. The topological polar surface area (TPSA) is 90.2 Å². The summed E-state index contributed by atoms with van der Waals surface area (Å²) >= 11 is 0. The molecule has 3 aromatic rings. The number of ether oxygens (including phenoxy) is 3. The number of esters is 1. The molecule has 0 saturated heterocycles. The van der Waals surface area contributed by atoms with E-state index in [1.807, 2.05) is 25.2 Å². The van der Waals surface area contributed by atoms with Crippen molar-refractivity contribution in [2.75, 3.05) is 25.7 Å². The highest BCUT2D eigenvalue weighted by atomic mass is 16.7. The quantitative estimate of drug-likeness (QED) is 0.631. The average Bonchev–Trinajstić information content (AvgIpc) is 3.53. The number of likely N-dealkylation sites (N-methyl/N-ethyl adjacent to an activating group) is 1. The minimum Gasteiger partial charge on any atom is -0.472 e. The fourth-order valence-electron chi connectivity index (χ4n) is 4.69. The van der Waals surface area contributed by atoms with Gasteiger partial charge in [0.2, 0.25) is 6.79 Å². The summed E-state index contributed by atoms with van der Waals surface area (Å²) in [5.74, 6) is 0.768. The summed E-state index contributed by atoms with van der Waals surface area (Å²) in [5, 5.41) is 2.79. The van der Waals surface area contributed by atoms with Crippen molar-refractivity contribution in [1.29, 1.82) is 0 Å². The summed E-state index contributed by atoms with van der Waals surface area (Å²) in [6, 6.07) is 10.8. The Labute approximate surface area is 183 Å². The first kappa shape index (κ1) is 18.9. The molecule has 1 aromatic heterocycles. The van der Waals surface area contributed by atoms with Gasteiger partial charge in [0.25, 0.3) is 5.91 Å². The lowest BCUT2D eigenvalue weighted by Crippen LogP contribution is -2.36. The van der Waals surface area contributed by atoms with Gasteiger partial charge in [-0.2, -0.15) is 0 Å². The maximum absolute atomic E-state index is 12.8. The maximum Gasteiger partial charge on any atom is 0.339 e. The SMILES string of the molecule is CN1CCc2cc3c(cc2C1C1OC(=O)c2cc(NC(=O)c4ccoc4)ccc21)OCO3. The molecule has 0 saturated carbocycles. The Bertz CT molecular complexity index is 1240. The van der Waals surface area contributed by atoms with Crippen LogP contribution >= 0.6 is 0 Å². The molecular weight excluding hydrogens is 412 g/mol. The highest BCUT2D eigenvalue weighted by molar-refractivity contribution is 6.05. The van der Waals surface area contributed by atoms with Gasteiger partial charge in [-0.15, -0.1) is 0 Å².